The van der Waals surface area contributed by atoms with Crippen LogP contribution in [0.3, 0.4) is 0 Å². The summed E-state index contributed by atoms with van der Waals surface area (Å²) in [4.78, 5) is 11.4. The third-order valence-corrected chi connectivity index (χ3v) is 3.28. The van der Waals surface area contributed by atoms with Gasteiger partial charge in [-0.25, -0.2) is 9.97 Å². The number of aryl methyl sites for hydroxylation is 1. The van der Waals surface area contributed by atoms with Crippen molar-refractivity contribution >= 4 is 17.3 Å². The van der Waals surface area contributed by atoms with Gasteiger partial charge in [0.05, 0.1) is 0 Å². The van der Waals surface area contributed by atoms with Crippen LogP contribution in [0, 0.1) is 0 Å². The highest BCUT2D eigenvalue weighted by atomic mass is 15.2. The number of benzene rings is 1. The van der Waals surface area contributed by atoms with E-state index < -0.39 is 0 Å². The molecule has 0 radical (unpaired) electrons. The molecule has 0 aliphatic heterocycles. The monoisotopic (exact) mass is 284 g/mol. The Labute approximate surface area is 127 Å². The minimum absolute atomic E-state index is 0.899. The van der Waals surface area contributed by atoms with E-state index in [4.69, 9.17) is 0 Å². The van der Waals surface area contributed by atoms with E-state index in [2.05, 4.69) is 46.2 Å². The molecule has 112 valence electrons. The Morgan fingerprint density at radius 3 is 2.48 bits per heavy atom. The molecule has 0 unspecified atom stereocenters. The Hall–Kier alpha value is -2.10. The molecular weight excluding hydrogens is 260 g/mol. The maximum absolute atomic E-state index is 4.68. The van der Waals surface area contributed by atoms with Gasteiger partial charge in [0.2, 0.25) is 0 Å². The quantitative estimate of drug-likeness (QED) is 0.833. The van der Waals surface area contributed by atoms with Gasteiger partial charge in [-0.3, -0.25) is 0 Å². The predicted octanol–water partition coefficient (Wildman–Crippen LogP) is 4.02. The van der Waals surface area contributed by atoms with Gasteiger partial charge in [0.1, 0.15) is 17.5 Å². The molecule has 1 heterocycles. The Morgan fingerprint density at radius 1 is 1.05 bits per heavy atom. The number of anilines is 3. The van der Waals surface area contributed by atoms with Gasteiger partial charge in [0.25, 0.3) is 0 Å². The average molecular weight is 284 g/mol. The predicted molar refractivity (Wildman–Crippen MR) is 89.3 cm³/mol. The number of nitrogens with zero attached hydrogens (tertiary/aromatic N) is 3. The zero-order chi connectivity index (χ0) is 15.1. The highest BCUT2D eigenvalue weighted by Crippen LogP contribution is 2.23. The Balaban J connectivity index is 2.30. The summed E-state index contributed by atoms with van der Waals surface area (Å²) in [7, 11) is 2.04. The molecule has 4 nitrogen and oxygen atoms in total. The van der Waals surface area contributed by atoms with Crippen LogP contribution in [-0.4, -0.2) is 23.6 Å². The van der Waals surface area contributed by atoms with Crippen LogP contribution < -0.4 is 10.2 Å². The number of aromatic nitrogens is 2. The highest BCUT2D eigenvalue weighted by Gasteiger charge is 2.09. The fourth-order valence-electron chi connectivity index (χ4n) is 2.12. The molecule has 0 aliphatic carbocycles. The Morgan fingerprint density at radius 2 is 1.81 bits per heavy atom. The molecule has 2 aromatic rings. The molecule has 0 saturated carbocycles. The summed E-state index contributed by atoms with van der Waals surface area (Å²) >= 11 is 0. The van der Waals surface area contributed by atoms with Gasteiger partial charge in [0.15, 0.2) is 0 Å². The standard InChI is InChI=1S/C17H24N4/c1-4-9-15-19-16(18-12-5-2)13-17(20-15)21(3)14-10-7-6-8-11-14/h6-8,10-11,13H,4-5,9,12H2,1-3H3,(H,18,19,20). The van der Waals surface area contributed by atoms with Crippen molar-refractivity contribution in [1.29, 1.82) is 0 Å². The zero-order valence-electron chi connectivity index (χ0n) is 13.1. The second kappa shape index (κ2) is 7.62. The lowest BCUT2D eigenvalue weighted by Gasteiger charge is -2.20. The van der Waals surface area contributed by atoms with Gasteiger partial charge in [-0.2, -0.15) is 0 Å². The van der Waals surface area contributed by atoms with E-state index in [1.807, 2.05) is 31.3 Å². The minimum atomic E-state index is 0.899. The molecule has 4 heteroatoms. The summed E-state index contributed by atoms with van der Waals surface area (Å²) in [5.74, 6) is 2.74. The van der Waals surface area contributed by atoms with Crippen LogP contribution in [0.5, 0.6) is 0 Å². The van der Waals surface area contributed by atoms with Gasteiger partial charge < -0.3 is 10.2 Å². The molecule has 1 aromatic carbocycles. The van der Waals surface area contributed by atoms with E-state index in [1.165, 1.54) is 0 Å². The van der Waals surface area contributed by atoms with E-state index in [-0.39, 0.29) is 0 Å². The number of rotatable bonds is 7. The van der Waals surface area contributed by atoms with Crippen LogP contribution >= 0.6 is 0 Å². The smallest absolute Gasteiger partial charge is 0.138 e. The number of para-hydroxylation sites is 1. The molecule has 1 aromatic heterocycles. The fourth-order valence-corrected chi connectivity index (χ4v) is 2.12. The van der Waals surface area contributed by atoms with Crippen molar-refractivity contribution in [3.8, 4) is 0 Å². The van der Waals surface area contributed by atoms with Crippen molar-refractivity contribution in [2.45, 2.75) is 33.1 Å². The SMILES string of the molecule is CCCNc1cc(N(C)c2ccccc2)nc(CCC)n1. The lowest BCUT2D eigenvalue weighted by molar-refractivity contribution is 0.828. The molecule has 0 fully saturated rings. The average Bonchev–Trinajstić information content (AvgIpc) is 2.53. The van der Waals surface area contributed by atoms with Crippen molar-refractivity contribution in [3.63, 3.8) is 0 Å². The third kappa shape index (κ3) is 4.18. The van der Waals surface area contributed by atoms with Crippen LogP contribution in [0.15, 0.2) is 36.4 Å². The summed E-state index contributed by atoms with van der Waals surface area (Å²) in [6, 6.07) is 12.3. The first-order chi connectivity index (χ1) is 10.2. The lowest BCUT2D eigenvalue weighted by atomic mass is 10.3. The fraction of sp³-hybridized carbons (Fsp3) is 0.412. The van der Waals surface area contributed by atoms with E-state index in [0.717, 1.165) is 49.0 Å². The normalized spacial score (nSPS) is 10.4. The summed E-state index contributed by atoms with van der Waals surface area (Å²) < 4.78 is 0. The van der Waals surface area contributed by atoms with Gasteiger partial charge in [-0.15, -0.1) is 0 Å². The van der Waals surface area contributed by atoms with Crippen LogP contribution in [0.25, 0.3) is 0 Å². The first kappa shape index (κ1) is 15.3. The second-order valence-electron chi connectivity index (χ2n) is 5.10. The van der Waals surface area contributed by atoms with E-state index in [1.54, 1.807) is 0 Å². The number of nitrogens with one attached hydrogen (secondary N) is 1. The van der Waals surface area contributed by atoms with Crippen LogP contribution in [0.2, 0.25) is 0 Å². The van der Waals surface area contributed by atoms with Crippen molar-refractivity contribution < 1.29 is 0 Å². The topological polar surface area (TPSA) is 41.0 Å². The van der Waals surface area contributed by atoms with E-state index >= 15 is 0 Å². The highest BCUT2D eigenvalue weighted by molar-refractivity contribution is 5.61. The Bertz CT molecular complexity index is 554. The lowest BCUT2D eigenvalue weighted by Crippen LogP contribution is -2.14. The maximum Gasteiger partial charge on any atom is 0.138 e. The molecule has 0 aliphatic rings. The van der Waals surface area contributed by atoms with Crippen LogP contribution in [0.1, 0.15) is 32.5 Å². The van der Waals surface area contributed by atoms with E-state index in [9.17, 15) is 0 Å². The van der Waals surface area contributed by atoms with Crippen molar-refractivity contribution in [3.05, 3.63) is 42.2 Å². The molecule has 21 heavy (non-hydrogen) atoms. The summed E-state index contributed by atoms with van der Waals surface area (Å²) in [6.45, 7) is 5.23. The number of hydrogen-bond acceptors (Lipinski definition) is 4. The molecular formula is C17H24N4. The first-order valence-corrected chi connectivity index (χ1v) is 7.65. The molecule has 2 rings (SSSR count). The molecule has 0 saturated heterocycles. The minimum Gasteiger partial charge on any atom is -0.370 e. The van der Waals surface area contributed by atoms with Crippen molar-refractivity contribution in [2.24, 2.45) is 0 Å². The largest absolute Gasteiger partial charge is 0.370 e. The van der Waals surface area contributed by atoms with Crippen LogP contribution in [-0.2, 0) is 6.42 Å². The molecule has 0 atom stereocenters. The first-order valence-electron chi connectivity index (χ1n) is 7.65. The maximum atomic E-state index is 4.68. The van der Waals surface area contributed by atoms with Gasteiger partial charge in [0, 0.05) is 31.8 Å². The van der Waals surface area contributed by atoms with Gasteiger partial charge in [-0.05, 0) is 25.0 Å². The van der Waals surface area contributed by atoms with Gasteiger partial charge in [-0.1, -0.05) is 32.0 Å². The number of hydrogen-bond donors (Lipinski definition) is 1. The van der Waals surface area contributed by atoms with E-state index in [0.29, 0.717) is 0 Å². The Kier molecular flexibility index (Phi) is 5.55. The zero-order valence-corrected chi connectivity index (χ0v) is 13.1. The summed E-state index contributed by atoms with van der Waals surface area (Å²) in [6.07, 6.45) is 3.03. The third-order valence-electron chi connectivity index (χ3n) is 3.28. The molecule has 1 N–H and O–H groups in total. The van der Waals surface area contributed by atoms with Crippen LogP contribution in [0.4, 0.5) is 17.3 Å². The van der Waals surface area contributed by atoms with Crippen molar-refractivity contribution in [2.75, 3.05) is 23.8 Å². The summed E-state index contributed by atoms with van der Waals surface area (Å²) in [5.41, 5.74) is 1.13. The van der Waals surface area contributed by atoms with Gasteiger partial charge >= 0.3 is 0 Å². The molecule has 0 bridgehead atoms. The molecule has 0 amide bonds. The second-order valence-corrected chi connectivity index (χ2v) is 5.10. The van der Waals surface area contributed by atoms with Crippen molar-refractivity contribution in [1.82, 2.24) is 9.97 Å². The summed E-state index contributed by atoms with van der Waals surface area (Å²) in [5, 5.41) is 3.36. The molecule has 0 spiro atoms.